The van der Waals surface area contributed by atoms with Gasteiger partial charge in [-0.3, -0.25) is 4.68 Å². The van der Waals surface area contributed by atoms with Gasteiger partial charge in [0, 0.05) is 12.2 Å². The summed E-state index contributed by atoms with van der Waals surface area (Å²) in [7, 11) is 0. The molecule has 0 aliphatic carbocycles. The normalized spacial score (nSPS) is 10.6. The second kappa shape index (κ2) is 5.44. The molecule has 0 saturated carbocycles. The minimum atomic E-state index is 0.485. The molecule has 2 N–H and O–H groups in total. The van der Waals surface area contributed by atoms with Crippen molar-refractivity contribution in [3.8, 4) is 5.75 Å². The molecule has 0 aliphatic heterocycles. The number of halogens is 1. The molecule has 2 rings (SSSR count). The Bertz CT molecular complexity index is 534. The Kier molecular flexibility index (Phi) is 3.91. The van der Waals surface area contributed by atoms with Crippen molar-refractivity contribution in [2.45, 2.75) is 27.0 Å². The van der Waals surface area contributed by atoms with Gasteiger partial charge in [0.2, 0.25) is 0 Å². The maximum absolute atomic E-state index is 5.74. The van der Waals surface area contributed by atoms with E-state index >= 15 is 0 Å². The minimum Gasteiger partial charge on any atom is -0.487 e. The van der Waals surface area contributed by atoms with Gasteiger partial charge in [0.1, 0.15) is 12.4 Å². The van der Waals surface area contributed by atoms with Gasteiger partial charge in [0.15, 0.2) is 0 Å². The zero-order chi connectivity index (χ0) is 13.1. The standard InChI is InChI=1S/C13H16BrN3O/c1-3-17-12(13(14)9(2)16-17)8-18-11-6-4-10(15)5-7-11/h4-7H,3,8,15H2,1-2H3. The fourth-order valence-corrected chi connectivity index (χ4v) is 2.12. The van der Waals surface area contributed by atoms with Gasteiger partial charge in [0.25, 0.3) is 0 Å². The first-order valence-corrected chi connectivity index (χ1v) is 6.61. The molecule has 1 aromatic carbocycles. The van der Waals surface area contributed by atoms with Crippen LogP contribution in [-0.4, -0.2) is 9.78 Å². The van der Waals surface area contributed by atoms with Crippen molar-refractivity contribution < 1.29 is 4.74 Å². The minimum absolute atomic E-state index is 0.485. The monoisotopic (exact) mass is 309 g/mol. The third-order valence-electron chi connectivity index (χ3n) is 2.71. The summed E-state index contributed by atoms with van der Waals surface area (Å²) in [4.78, 5) is 0. The van der Waals surface area contributed by atoms with E-state index in [1.54, 1.807) is 0 Å². The van der Waals surface area contributed by atoms with Crippen LogP contribution < -0.4 is 10.5 Å². The molecular formula is C13H16BrN3O. The predicted molar refractivity (Wildman–Crippen MR) is 75.5 cm³/mol. The highest BCUT2D eigenvalue weighted by Crippen LogP contribution is 2.23. The molecule has 0 atom stereocenters. The molecule has 0 saturated heterocycles. The molecule has 0 amide bonds. The Hall–Kier alpha value is -1.49. The second-order valence-corrected chi connectivity index (χ2v) is 4.81. The van der Waals surface area contributed by atoms with Crippen LogP contribution in [0.5, 0.6) is 5.75 Å². The molecule has 0 spiro atoms. The van der Waals surface area contributed by atoms with Gasteiger partial charge in [-0.25, -0.2) is 0 Å². The Morgan fingerprint density at radius 1 is 1.33 bits per heavy atom. The number of anilines is 1. The summed E-state index contributed by atoms with van der Waals surface area (Å²) in [5, 5.41) is 4.42. The summed E-state index contributed by atoms with van der Waals surface area (Å²) in [5.74, 6) is 0.803. The molecule has 0 radical (unpaired) electrons. The highest BCUT2D eigenvalue weighted by molar-refractivity contribution is 9.10. The van der Waals surface area contributed by atoms with E-state index in [9.17, 15) is 0 Å². The van der Waals surface area contributed by atoms with Crippen molar-refractivity contribution in [1.82, 2.24) is 9.78 Å². The van der Waals surface area contributed by atoms with E-state index in [2.05, 4.69) is 28.0 Å². The molecule has 1 aromatic heterocycles. The van der Waals surface area contributed by atoms with E-state index in [1.807, 2.05) is 35.9 Å². The molecule has 4 nitrogen and oxygen atoms in total. The van der Waals surface area contributed by atoms with Gasteiger partial charge in [-0.1, -0.05) is 0 Å². The van der Waals surface area contributed by atoms with Crippen LogP contribution in [0.15, 0.2) is 28.7 Å². The zero-order valence-corrected chi connectivity index (χ0v) is 12.1. The lowest BCUT2D eigenvalue weighted by Gasteiger charge is -2.08. The van der Waals surface area contributed by atoms with E-state index < -0.39 is 0 Å². The van der Waals surface area contributed by atoms with Crippen molar-refractivity contribution in [1.29, 1.82) is 0 Å². The van der Waals surface area contributed by atoms with Crippen LogP contribution in [0.1, 0.15) is 18.3 Å². The number of aryl methyl sites for hydroxylation is 2. The van der Waals surface area contributed by atoms with Crippen molar-refractivity contribution >= 4 is 21.6 Å². The van der Waals surface area contributed by atoms with Crippen LogP contribution >= 0.6 is 15.9 Å². The quantitative estimate of drug-likeness (QED) is 0.883. The fraction of sp³-hybridized carbons (Fsp3) is 0.308. The third kappa shape index (κ3) is 2.67. The van der Waals surface area contributed by atoms with Gasteiger partial charge in [-0.05, 0) is 54.0 Å². The van der Waals surface area contributed by atoms with E-state index in [1.165, 1.54) is 0 Å². The Balaban J connectivity index is 2.12. The molecule has 0 fully saturated rings. The van der Waals surface area contributed by atoms with E-state index in [0.717, 1.165) is 33.8 Å². The lowest BCUT2D eigenvalue weighted by Crippen LogP contribution is -2.06. The van der Waals surface area contributed by atoms with Crippen LogP contribution in [0, 0.1) is 6.92 Å². The summed E-state index contributed by atoms with van der Waals surface area (Å²) in [5.41, 5.74) is 8.39. The molecule has 1 heterocycles. The Morgan fingerprint density at radius 3 is 2.61 bits per heavy atom. The van der Waals surface area contributed by atoms with Gasteiger partial charge in [-0.2, -0.15) is 5.10 Å². The maximum Gasteiger partial charge on any atom is 0.131 e. The molecule has 96 valence electrons. The van der Waals surface area contributed by atoms with Gasteiger partial charge in [-0.15, -0.1) is 0 Å². The van der Waals surface area contributed by atoms with Gasteiger partial charge < -0.3 is 10.5 Å². The van der Waals surface area contributed by atoms with Crippen LogP contribution in [0.3, 0.4) is 0 Å². The molecule has 2 aromatic rings. The second-order valence-electron chi connectivity index (χ2n) is 4.02. The molecule has 0 bridgehead atoms. The van der Waals surface area contributed by atoms with Gasteiger partial charge in [0.05, 0.1) is 15.9 Å². The molecule has 0 aliphatic rings. The van der Waals surface area contributed by atoms with Crippen molar-refractivity contribution in [3.05, 3.63) is 40.1 Å². The van der Waals surface area contributed by atoms with Crippen molar-refractivity contribution in [2.24, 2.45) is 0 Å². The number of nitrogen functional groups attached to an aromatic ring is 1. The number of benzene rings is 1. The number of aromatic nitrogens is 2. The highest BCUT2D eigenvalue weighted by atomic mass is 79.9. The number of nitrogens with two attached hydrogens (primary N) is 1. The van der Waals surface area contributed by atoms with E-state index in [0.29, 0.717) is 6.61 Å². The lowest BCUT2D eigenvalue weighted by atomic mass is 10.3. The number of hydrogen-bond acceptors (Lipinski definition) is 3. The smallest absolute Gasteiger partial charge is 0.131 e. The summed E-state index contributed by atoms with van der Waals surface area (Å²) in [6.45, 7) is 5.35. The molecule has 18 heavy (non-hydrogen) atoms. The summed E-state index contributed by atoms with van der Waals surface area (Å²) >= 11 is 3.54. The summed E-state index contributed by atoms with van der Waals surface area (Å²) in [6.07, 6.45) is 0. The fourth-order valence-electron chi connectivity index (χ4n) is 1.72. The van der Waals surface area contributed by atoms with Gasteiger partial charge >= 0.3 is 0 Å². The zero-order valence-electron chi connectivity index (χ0n) is 10.5. The van der Waals surface area contributed by atoms with E-state index in [-0.39, 0.29) is 0 Å². The first-order chi connectivity index (χ1) is 8.61. The van der Waals surface area contributed by atoms with Crippen LogP contribution in [0.25, 0.3) is 0 Å². The number of ether oxygens (including phenoxy) is 1. The van der Waals surface area contributed by atoms with Crippen LogP contribution in [-0.2, 0) is 13.2 Å². The maximum atomic E-state index is 5.74. The van der Waals surface area contributed by atoms with Crippen LogP contribution in [0.4, 0.5) is 5.69 Å². The summed E-state index contributed by atoms with van der Waals surface area (Å²) in [6, 6.07) is 7.38. The first kappa shape index (κ1) is 13.0. The van der Waals surface area contributed by atoms with Crippen molar-refractivity contribution in [3.63, 3.8) is 0 Å². The molecule has 5 heteroatoms. The molecular weight excluding hydrogens is 294 g/mol. The van der Waals surface area contributed by atoms with Crippen LogP contribution in [0.2, 0.25) is 0 Å². The average Bonchev–Trinajstić information content (AvgIpc) is 2.65. The highest BCUT2D eigenvalue weighted by Gasteiger charge is 2.12. The molecule has 0 unspecified atom stereocenters. The first-order valence-electron chi connectivity index (χ1n) is 5.82. The average molecular weight is 310 g/mol. The Labute approximate surface area is 115 Å². The largest absolute Gasteiger partial charge is 0.487 e. The third-order valence-corrected chi connectivity index (χ3v) is 3.74. The summed E-state index contributed by atoms with van der Waals surface area (Å²) < 4.78 is 8.69. The lowest BCUT2D eigenvalue weighted by molar-refractivity contribution is 0.291. The van der Waals surface area contributed by atoms with Crippen molar-refractivity contribution in [2.75, 3.05) is 5.73 Å². The predicted octanol–water partition coefficient (Wildman–Crippen LogP) is 3.14. The Morgan fingerprint density at radius 2 is 2.00 bits per heavy atom. The SMILES string of the molecule is CCn1nc(C)c(Br)c1COc1ccc(N)cc1. The topological polar surface area (TPSA) is 53.1 Å². The number of hydrogen-bond donors (Lipinski definition) is 1. The van der Waals surface area contributed by atoms with E-state index in [4.69, 9.17) is 10.5 Å². The number of rotatable bonds is 4. The number of nitrogens with zero attached hydrogens (tertiary/aromatic N) is 2.